The highest BCUT2D eigenvalue weighted by Gasteiger charge is 2.06. The van der Waals surface area contributed by atoms with Crippen molar-refractivity contribution in [2.45, 2.75) is 26.3 Å². The van der Waals surface area contributed by atoms with Crippen LogP contribution in [0.25, 0.3) is 0 Å². The van der Waals surface area contributed by atoms with E-state index < -0.39 is 0 Å². The molecule has 0 aliphatic carbocycles. The molecule has 1 N–H and O–H groups in total. The van der Waals surface area contributed by atoms with Gasteiger partial charge in [0.2, 0.25) is 5.89 Å². The fraction of sp³-hybridized carbons (Fsp3) is 0.556. The summed E-state index contributed by atoms with van der Waals surface area (Å²) in [6, 6.07) is 0. The second kappa shape index (κ2) is 4.84. The highest BCUT2D eigenvalue weighted by molar-refractivity contribution is 4.94. The maximum atomic E-state index is 8.68. The normalized spacial score (nSPS) is 10.9. The van der Waals surface area contributed by atoms with Crippen molar-refractivity contribution in [3.05, 3.63) is 23.6 Å². The molecular weight excluding hydrogens is 210 g/mol. The molecule has 0 unspecified atom stereocenters. The van der Waals surface area contributed by atoms with E-state index in [4.69, 9.17) is 9.63 Å². The molecule has 0 aliphatic rings. The zero-order valence-electron chi connectivity index (χ0n) is 9.00. The summed E-state index contributed by atoms with van der Waals surface area (Å²) in [6.07, 6.45) is 3.23. The first-order chi connectivity index (χ1) is 7.78. The van der Waals surface area contributed by atoms with Crippen LogP contribution in [0.3, 0.4) is 0 Å². The molecule has 2 heterocycles. The molecular formula is C9H13N5O2. The zero-order valence-corrected chi connectivity index (χ0v) is 9.00. The first-order valence-electron chi connectivity index (χ1n) is 5.07. The molecule has 0 aromatic carbocycles. The lowest BCUT2D eigenvalue weighted by Crippen LogP contribution is -2.00. The van der Waals surface area contributed by atoms with Crippen LogP contribution in [0.15, 0.2) is 10.7 Å². The zero-order chi connectivity index (χ0) is 11.4. The third-order valence-corrected chi connectivity index (χ3v) is 2.04. The molecule has 7 nitrogen and oxygen atoms in total. The van der Waals surface area contributed by atoms with Crippen LogP contribution in [0.4, 0.5) is 0 Å². The minimum Gasteiger partial charge on any atom is -0.396 e. The molecule has 2 rings (SSSR count). The number of aryl methyl sites for hydroxylation is 2. The van der Waals surface area contributed by atoms with Crippen LogP contribution in [0, 0.1) is 6.92 Å². The Hall–Kier alpha value is -1.76. The van der Waals surface area contributed by atoms with Crippen LogP contribution < -0.4 is 0 Å². The van der Waals surface area contributed by atoms with Gasteiger partial charge in [-0.15, -0.1) is 5.10 Å². The van der Waals surface area contributed by atoms with E-state index in [0.29, 0.717) is 24.7 Å². The van der Waals surface area contributed by atoms with E-state index in [1.54, 1.807) is 11.6 Å². The summed E-state index contributed by atoms with van der Waals surface area (Å²) < 4.78 is 6.61. The van der Waals surface area contributed by atoms with Gasteiger partial charge in [-0.3, -0.25) is 0 Å². The molecule has 86 valence electrons. The van der Waals surface area contributed by atoms with Crippen molar-refractivity contribution in [1.82, 2.24) is 25.1 Å². The number of aliphatic hydroxyl groups excluding tert-OH is 1. The predicted molar refractivity (Wildman–Crippen MR) is 53.6 cm³/mol. The summed E-state index contributed by atoms with van der Waals surface area (Å²) in [6.45, 7) is 2.35. The molecule has 0 saturated heterocycles. The van der Waals surface area contributed by atoms with Crippen molar-refractivity contribution < 1.29 is 9.63 Å². The number of hydrogen-bond acceptors (Lipinski definition) is 6. The fourth-order valence-corrected chi connectivity index (χ4v) is 1.33. The molecule has 0 bridgehead atoms. The first-order valence-corrected chi connectivity index (χ1v) is 5.07. The van der Waals surface area contributed by atoms with Crippen LogP contribution in [0.1, 0.15) is 23.8 Å². The molecule has 0 radical (unpaired) electrons. The molecule has 0 spiro atoms. The van der Waals surface area contributed by atoms with Crippen LogP contribution in [-0.2, 0) is 13.0 Å². The molecule has 0 saturated carbocycles. The first kappa shape index (κ1) is 10.7. The van der Waals surface area contributed by atoms with E-state index in [9.17, 15) is 0 Å². The summed E-state index contributed by atoms with van der Waals surface area (Å²) in [5, 5.41) is 20.3. The van der Waals surface area contributed by atoms with E-state index in [-0.39, 0.29) is 6.61 Å². The summed E-state index contributed by atoms with van der Waals surface area (Å²) in [7, 11) is 0. The average molecular weight is 223 g/mol. The van der Waals surface area contributed by atoms with Gasteiger partial charge in [0.1, 0.15) is 6.54 Å². The molecule has 0 aliphatic heterocycles. The molecule has 0 atom stereocenters. The van der Waals surface area contributed by atoms with Gasteiger partial charge in [0.25, 0.3) is 0 Å². The summed E-state index contributed by atoms with van der Waals surface area (Å²) in [4.78, 5) is 4.07. The van der Waals surface area contributed by atoms with E-state index in [0.717, 1.165) is 12.1 Å². The van der Waals surface area contributed by atoms with Crippen molar-refractivity contribution in [3.63, 3.8) is 0 Å². The van der Waals surface area contributed by atoms with E-state index in [2.05, 4.69) is 20.5 Å². The molecule has 2 aromatic heterocycles. The smallest absolute Gasteiger partial charge is 0.248 e. The Kier molecular flexibility index (Phi) is 3.25. The Morgan fingerprint density at radius 2 is 2.38 bits per heavy atom. The largest absolute Gasteiger partial charge is 0.396 e. The van der Waals surface area contributed by atoms with Gasteiger partial charge in [-0.25, -0.2) is 4.68 Å². The maximum Gasteiger partial charge on any atom is 0.248 e. The summed E-state index contributed by atoms with van der Waals surface area (Å²) >= 11 is 0. The fourth-order valence-electron chi connectivity index (χ4n) is 1.33. The van der Waals surface area contributed by atoms with Gasteiger partial charge < -0.3 is 9.63 Å². The molecule has 7 heteroatoms. The van der Waals surface area contributed by atoms with Gasteiger partial charge >= 0.3 is 0 Å². The lowest BCUT2D eigenvalue weighted by atomic mass is 10.3. The SMILES string of the molecule is Cc1noc(Cn2cc(CCCO)nn2)n1. The topological polar surface area (TPSA) is 89.9 Å². The number of rotatable bonds is 5. The third kappa shape index (κ3) is 2.63. The van der Waals surface area contributed by atoms with Gasteiger partial charge in [-0.05, 0) is 19.8 Å². The monoisotopic (exact) mass is 223 g/mol. The molecule has 0 fully saturated rings. The second-order valence-electron chi connectivity index (χ2n) is 3.47. The van der Waals surface area contributed by atoms with Crippen LogP contribution >= 0.6 is 0 Å². The second-order valence-corrected chi connectivity index (χ2v) is 3.47. The van der Waals surface area contributed by atoms with E-state index >= 15 is 0 Å². The van der Waals surface area contributed by atoms with Crippen molar-refractivity contribution in [2.24, 2.45) is 0 Å². The lowest BCUT2D eigenvalue weighted by molar-refractivity contribution is 0.288. The van der Waals surface area contributed by atoms with Crippen LogP contribution in [-0.4, -0.2) is 36.8 Å². The Labute approximate surface area is 92.1 Å². The molecule has 0 amide bonds. The lowest BCUT2D eigenvalue weighted by Gasteiger charge is -1.92. The quantitative estimate of drug-likeness (QED) is 0.763. The van der Waals surface area contributed by atoms with Gasteiger partial charge in [0.15, 0.2) is 5.82 Å². The van der Waals surface area contributed by atoms with Crippen molar-refractivity contribution >= 4 is 0 Å². The molecule has 16 heavy (non-hydrogen) atoms. The minimum atomic E-state index is 0.162. The third-order valence-electron chi connectivity index (χ3n) is 2.04. The van der Waals surface area contributed by atoms with Crippen molar-refractivity contribution in [1.29, 1.82) is 0 Å². The number of hydrogen-bond donors (Lipinski definition) is 1. The molecule has 2 aromatic rings. The van der Waals surface area contributed by atoms with E-state index in [1.165, 1.54) is 0 Å². The number of aliphatic hydroxyl groups is 1. The van der Waals surface area contributed by atoms with Crippen LogP contribution in [0.2, 0.25) is 0 Å². The van der Waals surface area contributed by atoms with Gasteiger partial charge in [-0.1, -0.05) is 10.4 Å². The number of nitrogens with zero attached hydrogens (tertiary/aromatic N) is 5. The highest BCUT2D eigenvalue weighted by Crippen LogP contribution is 2.01. The maximum absolute atomic E-state index is 8.68. The van der Waals surface area contributed by atoms with Gasteiger partial charge in [0.05, 0.1) is 5.69 Å². The van der Waals surface area contributed by atoms with E-state index in [1.807, 2.05) is 6.20 Å². The Balaban J connectivity index is 1.97. The van der Waals surface area contributed by atoms with Crippen molar-refractivity contribution in [2.75, 3.05) is 6.61 Å². The summed E-state index contributed by atoms with van der Waals surface area (Å²) in [5.74, 6) is 1.12. The Morgan fingerprint density at radius 1 is 1.50 bits per heavy atom. The highest BCUT2D eigenvalue weighted by atomic mass is 16.5. The van der Waals surface area contributed by atoms with Crippen LogP contribution in [0.5, 0.6) is 0 Å². The summed E-state index contributed by atoms with van der Waals surface area (Å²) in [5.41, 5.74) is 0.852. The van der Waals surface area contributed by atoms with Gasteiger partial charge in [0, 0.05) is 12.8 Å². The standard InChI is InChI=1S/C9H13N5O2/c1-7-10-9(16-12-7)6-14-5-8(11-13-14)3-2-4-15/h5,15H,2-4,6H2,1H3. The predicted octanol–water partition coefficient (Wildman–Crippen LogP) is -0.0573. The minimum absolute atomic E-state index is 0.162. The van der Waals surface area contributed by atoms with Gasteiger partial charge in [-0.2, -0.15) is 4.98 Å². The Morgan fingerprint density at radius 3 is 3.06 bits per heavy atom. The average Bonchev–Trinajstić information content (AvgIpc) is 2.86. The Bertz CT molecular complexity index is 450. The number of aromatic nitrogens is 5. The van der Waals surface area contributed by atoms with Crippen molar-refractivity contribution in [3.8, 4) is 0 Å².